The maximum absolute atomic E-state index is 12.1. The van der Waals surface area contributed by atoms with Gasteiger partial charge < -0.3 is 10.6 Å². The van der Waals surface area contributed by atoms with Crippen LogP contribution in [0.5, 0.6) is 0 Å². The molecule has 0 aliphatic rings. The third-order valence-corrected chi connectivity index (χ3v) is 5.74. The van der Waals surface area contributed by atoms with Crippen molar-refractivity contribution in [2.24, 2.45) is 0 Å². The molecule has 8 nitrogen and oxygen atoms in total. The van der Waals surface area contributed by atoms with Crippen LogP contribution in [0.1, 0.15) is 41.4 Å². The van der Waals surface area contributed by atoms with E-state index in [0.717, 1.165) is 28.1 Å². The number of hydrogen-bond acceptors (Lipinski definition) is 6. The lowest BCUT2D eigenvalue weighted by atomic mass is 10.1. The quantitative estimate of drug-likeness (QED) is 0.236. The number of amides is 1. The molecule has 4 aromatic rings. The largest absolute Gasteiger partial charge is 0.352 e. The third-order valence-electron chi connectivity index (χ3n) is 5.74. The highest BCUT2D eigenvalue weighted by Gasteiger charge is 2.11. The fraction of sp³-hybridized carbons (Fsp3) is 0.207. The van der Waals surface area contributed by atoms with Crippen molar-refractivity contribution in [3.8, 4) is 11.3 Å². The standard InChI is InChI=1S/C29H30N6O2/c1-20(2)35-19-24(18-32-35)28-21(3)17-31-29(34-28)33-25-11-9-22(10-12-25)15-16-30-27(37)14-13-26(36)23-7-5-4-6-8-23/h4-14,17-20H,15-16H2,1-3H3,(H,30,37)(H,31,33,34). The van der Waals surface area contributed by atoms with E-state index in [2.05, 4.69) is 34.6 Å². The SMILES string of the molecule is Cc1cnc(Nc2ccc(CCNC(=O)C=CC(=O)c3ccccc3)cc2)nc1-c1cnn(C(C)C)c1. The maximum atomic E-state index is 12.1. The zero-order chi connectivity index (χ0) is 26.2. The van der Waals surface area contributed by atoms with Crippen LogP contribution in [-0.2, 0) is 11.2 Å². The van der Waals surface area contributed by atoms with Crippen molar-refractivity contribution in [1.82, 2.24) is 25.1 Å². The topological polar surface area (TPSA) is 102 Å². The van der Waals surface area contributed by atoms with Crippen molar-refractivity contribution in [3.05, 3.63) is 102 Å². The van der Waals surface area contributed by atoms with Gasteiger partial charge in [0, 0.05) is 47.9 Å². The first-order valence-corrected chi connectivity index (χ1v) is 12.2. The first kappa shape index (κ1) is 25.5. The van der Waals surface area contributed by atoms with Gasteiger partial charge in [0.2, 0.25) is 11.9 Å². The summed E-state index contributed by atoms with van der Waals surface area (Å²) in [5.74, 6) is 0.0118. The van der Waals surface area contributed by atoms with Gasteiger partial charge in [-0.3, -0.25) is 14.3 Å². The maximum Gasteiger partial charge on any atom is 0.244 e. The monoisotopic (exact) mass is 494 g/mol. The fourth-order valence-corrected chi connectivity index (χ4v) is 3.66. The minimum Gasteiger partial charge on any atom is -0.352 e. The summed E-state index contributed by atoms with van der Waals surface area (Å²) in [5.41, 5.74) is 5.26. The second-order valence-corrected chi connectivity index (χ2v) is 8.95. The summed E-state index contributed by atoms with van der Waals surface area (Å²) >= 11 is 0. The minimum absolute atomic E-state index is 0.200. The first-order chi connectivity index (χ1) is 17.9. The molecule has 188 valence electrons. The number of nitrogens with one attached hydrogen (secondary N) is 2. The molecule has 0 aliphatic carbocycles. The van der Waals surface area contributed by atoms with Crippen LogP contribution in [0.25, 0.3) is 11.3 Å². The highest BCUT2D eigenvalue weighted by molar-refractivity contribution is 6.07. The van der Waals surface area contributed by atoms with Gasteiger partial charge in [0.1, 0.15) is 0 Å². The number of carbonyl (C=O) groups excluding carboxylic acids is 2. The normalized spacial score (nSPS) is 11.1. The zero-order valence-corrected chi connectivity index (χ0v) is 21.2. The highest BCUT2D eigenvalue weighted by Crippen LogP contribution is 2.23. The molecule has 0 aliphatic heterocycles. The van der Waals surface area contributed by atoms with E-state index >= 15 is 0 Å². The molecule has 8 heteroatoms. The van der Waals surface area contributed by atoms with Crippen LogP contribution in [0.3, 0.4) is 0 Å². The first-order valence-electron chi connectivity index (χ1n) is 12.2. The summed E-state index contributed by atoms with van der Waals surface area (Å²) in [6, 6.07) is 17.0. The van der Waals surface area contributed by atoms with Gasteiger partial charge in [-0.25, -0.2) is 9.97 Å². The van der Waals surface area contributed by atoms with E-state index < -0.39 is 0 Å². The third kappa shape index (κ3) is 6.98. The molecule has 0 saturated heterocycles. The van der Waals surface area contributed by atoms with Crippen molar-refractivity contribution >= 4 is 23.3 Å². The van der Waals surface area contributed by atoms with Gasteiger partial charge in [-0.05, 0) is 56.5 Å². The molecule has 2 heterocycles. The van der Waals surface area contributed by atoms with E-state index in [1.54, 1.807) is 30.5 Å². The van der Waals surface area contributed by atoms with Crippen LogP contribution in [0, 0.1) is 6.92 Å². The van der Waals surface area contributed by atoms with Crippen LogP contribution in [0.2, 0.25) is 0 Å². The Morgan fingerprint density at radius 1 is 1.00 bits per heavy atom. The van der Waals surface area contributed by atoms with Crippen LogP contribution in [0.15, 0.2) is 85.3 Å². The number of aromatic nitrogens is 4. The van der Waals surface area contributed by atoms with E-state index in [0.29, 0.717) is 24.5 Å². The van der Waals surface area contributed by atoms with E-state index in [1.807, 2.05) is 54.3 Å². The molecule has 4 rings (SSSR count). The second kappa shape index (κ2) is 11.9. The Hall–Kier alpha value is -4.59. The lowest BCUT2D eigenvalue weighted by Crippen LogP contribution is -2.23. The predicted molar refractivity (Wildman–Crippen MR) is 145 cm³/mol. The Kier molecular flexibility index (Phi) is 8.20. The molecule has 0 bridgehead atoms. The predicted octanol–water partition coefficient (Wildman–Crippen LogP) is 5.07. The van der Waals surface area contributed by atoms with Crippen LogP contribution < -0.4 is 10.6 Å². The highest BCUT2D eigenvalue weighted by atomic mass is 16.1. The van der Waals surface area contributed by atoms with Crippen molar-refractivity contribution in [2.75, 3.05) is 11.9 Å². The van der Waals surface area contributed by atoms with Gasteiger partial charge in [0.05, 0.1) is 11.9 Å². The Balaban J connectivity index is 1.29. The van der Waals surface area contributed by atoms with Crippen LogP contribution >= 0.6 is 0 Å². The van der Waals surface area contributed by atoms with Gasteiger partial charge in [-0.1, -0.05) is 42.5 Å². The molecule has 1 amide bonds. The number of carbonyl (C=O) groups is 2. The molecule has 0 saturated carbocycles. The van der Waals surface area contributed by atoms with E-state index in [1.165, 1.54) is 12.2 Å². The molecule has 2 aromatic carbocycles. The lowest BCUT2D eigenvalue weighted by molar-refractivity contribution is -0.116. The van der Waals surface area contributed by atoms with Crippen molar-refractivity contribution in [3.63, 3.8) is 0 Å². The summed E-state index contributed by atoms with van der Waals surface area (Å²) in [6.45, 7) is 6.61. The summed E-state index contributed by atoms with van der Waals surface area (Å²) in [6.07, 6.45) is 8.85. The number of hydrogen-bond donors (Lipinski definition) is 2. The number of nitrogens with zero attached hydrogens (tertiary/aromatic N) is 4. The average Bonchev–Trinajstić information content (AvgIpc) is 3.40. The molecular formula is C29H30N6O2. The van der Waals surface area contributed by atoms with E-state index in [-0.39, 0.29) is 17.7 Å². The number of ketones is 1. The molecular weight excluding hydrogens is 464 g/mol. The fourth-order valence-electron chi connectivity index (χ4n) is 3.66. The second-order valence-electron chi connectivity index (χ2n) is 8.95. The minimum atomic E-state index is -0.297. The Morgan fingerprint density at radius 2 is 1.76 bits per heavy atom. The summed E-state index contributed by atoms with van der Waals surface area (Å²) in [5, 5.41) is 10.5. The van der Waals surface area contributed by atoms with E-state index in [4.69, 9.17) is 4.98 Å². The van der Waals surface area contributed by atoms with Crippen LogP contribution in [0.4, 0.5) is 11.6 Å². The Morgan fingerprint density at radius 3 is 2.46 bits per heavy atom. The molecule has 0 atom stereocenters. The summed E-state index contributed by atoms with van der Waals surface area (Å²) < 4.78 is 1.91. The van der Waals surface area contributed by atoms with Crippen molar-refractivity contribution < 1.29 is 9.59 Å². The summed E-state index contributed by atoms with van der Waals surface area (Å²) in [7, 11) is 0. The van der Waals surface area contributed by atoms with Gasteiger partial charge >= 0.3 is 0 Å². The summed E-state index contributed by atoms with van der Waals surface area (Å²) in [4.78, 5) is 33.2. The van der Waals surface area contributed by atoms with Crippen LogP contribution in [-0.4, -0.2) is 38.0 Å². The van der Waals surface area contributed by atoms with Gasteiger partial charge in [-0.2, -0.15) is 5.10 Å². The van der Waals surface area contributed by atoms with Gasteiger partial charge in [-0.15, -0.1) is 0 Å². The van der Waals surface area contributed by atoms with Crippen molar-refractivity contribution in [1.29, 1.82) is 0 Å². The number of rotatable bonds is 10. The number of anilines is 2. The molecule has 0 fully saturated rings. The lowest BCUT2D eigenvalue weighted by Gasteiger charge is -2.09. The number of benzene rings is 2. The Labute approximate surface area is 216 Å². The zero-order valence-electron chi connectivity index (χ0n) is 21.2. The van der Waals surface area contributed by atoms with Crippen molar-refractivity contribution in [2.45, 2.75) is 33.2 Å². The van der Waals surface area contributed by atoms with E-state index in [9.17, 15) is 9.59 Å². The molecule has 2 N–H and O–H groups in total. The number of aryl methyl sites for hydroxylation is 1. The van der Waals surface area contributed by atoms with Gasteiger partial charge in [0.15, 0.2) is 5.78 Å². The Bertz CT molecular complexity index is 1390. The van der Waals surface area contributed by atoms with Gasteiger partial charge in [0.25, 0.3) is 0 Å². The molecule has 0 spiro atoms. The molecule has 37 heavy (non-hydrogen) atoms. The average molecular weight is 495 g/mol. The molecule has 0 unspecified atom stereocenters. The molecule has 0 radical (unpaired) electrons. The molecule has 2 aromatic heterocycles. The smallest absolute Gasteiger partial charge is 0.244 e. The number of allylic oxidation sites excluding steroid dienone is 1.